The molecule has 0 fully saturated rings. The first-order chi connectivity index (χ1) is 18.5. The van der Waals surface area contributed by atoms with Crippen LogP contribution in [0.3, 0.4) is 0 Å². The van der Waals surface area contributed by atoms with E-state index in [1.54, 1.807) is 0 Å². The third-order valence-electron chi connectivity index (χ3n) is 4.61. The lowest BCUT2D eigenvalue weighted by Gasteiger charge is -2.39. The van der Waals surface area contributed by atoms with E-state index in [1.165, 1.54) is 0 Å². The van der Waals surface area contributed by atoms with Crippen molar-refractivity contribution in [1.29, 1.82) is 0 Å². The van der Waals surface area contributed by atoms with E-state index in [0.29, 0.717) is 0 Å². The summed E-state index contributed by atoms with van der Waals surface area (Å²) >= 11 is 8.08. The molecular weight excluding hydrogens is 761 g/mol. The van der Waals surface area contributed by atoms with Gasteiger partial charge in [-0.3, -0.25) is 0 Å². The van der Waals surface area contributed by atoms with Crippen LogP contribution in [0.2, 0.25) is 0 Å². The van der Waals surface area contributed by atoms with E-state index in [-0.39, 0.29) is 0 Å². The molecule has 0 aromatic rings. The third kappa shape index (κ3) is 5.55. The van der Waals surface area contributed by atoms with Crippen LogP contribution in [0.25, 0.3) is 0 Å². The van der Waals surface area contributed by atoms with Crippen molar-refractivity contribution in [2.24, 2.45) is 10.2 Å². The smallest absolute Gasteiger partial charge is 0.192 e. The van der Waals surface area contributed by atoms with Gasteiger partial charge in [0.05, 0.1) is 0 Å². The minimum absolute atomic E-state index is 0.927. The summed E-state index contributed by atoms with van der Waals surface area (Å²) in [6.07, 6.45) is -15.8. The minimum Gasteiger partial charge on any atom is -0.192 e. The number of nitrogens with zero attached hydrogens (tertiary/aromatic N) is 2. The first kappa shape index (κ1) is 42.1. The number of hydrogen-bond donors (Lipinski definition) is 0. The van der Waals surface area contributed by atoms with Gasteiger partial charge in [-0.2, -0.15) is 114 Å². The highest BCUT2D eigenvalue weighted by Crippen LogP contribution is 2.62. The Kier molecular flexibility index (Phi) is 10.4. The SMILES string of the molecule is FC(F)(F)C(F)(F)C(F)(F)C(F)(F)C(F)(F)C(F)(F)C(Cl)=NN=C(Cl)C(F)(F)C(F)(F)C(F)(F)C(F)(F)C(F)(F)C(F)(F)F. The second-order valence-corrected chi connectivity index (χ2v) is 8.24. The molecule has 0 atom stereocenters. The van der Waals surface area contributed by atoms with E-state index in [2.05, 4.69) is 23.2 Å². The number of halogens is 28. The van der Waals surface area contributed by atoms with Crippen molar-refractivity contribution in [1.82, 2.24) is 0 Å². The van der Waals surface area contributed by atoms with Crippen molar-refractivity contribution >= 4 is 33.5 Å². The molecule has 0 aliphatic heterocycles. The van der Waals surface area contributed by atoms with Gasteiger partial charge >= 0.3 is 71.6 Å². The van der Waals surface area contributed by atoms with Gasteiger partial charge in [-0.25, -0.2) is 0 Å². The standard InChI is InChI=1S/C14Cl2F26N2/c15-1(3(17,18)5(21,22)7(25,26)9(29,30)11(33,34)13(37,38)39)43-44-2(16)4(19,20)6(23,24)8(27,28)10(31,32)12(35,36)14(40,41)42. The maximum Gasteiger partial charge on any atom is 0.460 e. The van der Waals surface area contributed by atoms with Gasteiger partial charge in [0.25, 0.3) is 0 Å². The molecule has 0 amide bonds. The molecular formula is C14Cl2F26N2. The minimum atomic E-state index is -8.62. The van der Waals surface area contributed by atoms with Crippen LogP contribution < -0.4 is 0 Å². The van der Waals surface area contributed by atoms with E-state index in [4.69, 9.17) is 0 Å². The Bertz CT molecular complexity index is 1040. The van der Waals surface area contributed by atoms with Crippen molar-refractivity contribution in [3.8, 4) is 0 Å². The molecule has 0 rings (SSSR count). The molecule has 0 aromatic heterocycles. The van der Waals surface area contributed by atoms with Gasteiger partial charge < -0.3 is 0 Å². The molecule has 0 aliphatic carbocycles. The van der Waals surface area contributed by atoms with E-state index in [9.17, 15) is 114 Å². The summed E-state index contributed by atoms with van der Waals surface area (Å²) in [4.78, 5) is 0. The van der Waals surface area contributed by atoms with Crippen LogP contribution in [-0.2, 0) is 0 Å². The molecule has 0 radical (unpaired) electrons. The molecule has 0 aromatic carbocycles. The van der Waals surface area contributed by atoms with Gasteiger partial charge in [0.15, 0.2) is 0 Å². The highest BCUT2D eigenvalue weighted by atomic mass is 35.5. The molecule has 30 heteroatoms. The van der Waals surface area contributed by atoms with Crippen molar-refractivity contribution in [2.75, 3.05) is 0 Å². The maximum atomic E-state index is 13.7. The molecule has 0 aliphatic rings. The fraction of sp³-hybridized carbons (Fsp3) is 0.857. The van der Waals surface area contributed by atoms with Gasteiger partial charge in [0.1, 0.15) is 0 Å². The highest BCUT2D eigenvalue weighted by Gasteiger charge is 2.92. The van der Waals surface area contributed by atoms with Crippen LogP contribution in [-0.4, -0.2) is 81.9 Å². The first-order valence-corrected chi connectivity index (χ1v) is 9.69. The van der Waals surface area contributed by atoms with Crippen LogP contribution in [0.1, 0.15) is 0 Å². The number of rotatable bonds is 11. The molecule has 0 N–H and O–H groups in total. The van der Waals surface area contributed by atoms with E-state index in [1.807, 2.05) is 0 Å². The van der Waals surface area contributed by atoms with Crippen molar-refractivity contribution in [3.05, 3.63) is 0 Å². The fourth-order valence-electron chi connectivity index (χ4n) is 2.01. The maximum absolute atomic E-state index is 13.7. The highest BCUT2D eigenvalue weighted by molar-refractivity contribution is 6.68. The Morgan fingerprint density at radius 2 is 0.432 bits per heavy atom. The Hall–Kier alpha value is -1.90. The van der Waals surface area contributed by atoms with E-state index >= 15 is 0 Å². The van der Waals surface area contributed by atoms with Crippen molar-refractivity contribution < 1.29 is 114 Å². The summed E-state index contributed by atoms with van der Waals surface area (Å²) in [6, 6.07) is 0. The van der Waals surface area contributed by atoms with Gasteiger partial charge in [0, 0.05) is 0 Å². The summed E-state index contributed by atoms with van der Waals surface area (Å²) in [5, 5.41) is -6.38. The zero-order chi connectivity index (χ0) is 36.6. The van der Waals surface area contributed by atoms with Crippen molar-refractivity contribution in [2.45, 2.75) is 71.6 Å². The summed E-state index contributed by atoms with van der Waals surface area (Å²) in [5.74, 6) is -83.1. The lowest BCUT2D eigenvalue weighted by Crippen LogP contribution is -2.71. The van der Waals surface area contributed by atoms with Gasteiger partial charge in [-0.15, -0.1) is 10.2 Å². The Morgan fingerprint density at radius 3 is 0.591 bits per heavy atom. The van der Waals surface area contributed by atoms with E-state index < -0.39 is 81.9 Å². The summed E-state index contributed by atoms with van der Waals surface area (Å²) in [5.41, 5.74) is 0. The number of hydrogen-bond acceptors (Lipinski definition) is 2. The van der Waals surface area contributed by atoms with Crippen LogP contribution in [0.15, 0.2) is 10.2 Å². The molecule has 0 saturated heterocycles. The van der Waals surface area contributed by atoms with Crippen LogP contribution in [0.4, 0.5) is 114 Å². The second kappa shape index (κ2) is 10.8. The molecule has 44 heavy (non-hydrogen) atoms. The van der Waals surface area contributed by atoms with Gasteiger partial charge in [-0.05, 0) is 0 Å². The molecule has 0 bridgehead atoms. The quantitative estimate of drug-likeness (QED) is 0.114. The third-order valence-corrected chi connectivity index (χ3v) is 5.24. The Morgan fingerprint density at radius 1 is 0.273 bits per heavy atom. The van der Waals surface area contributed by atoms with Crippen LogP contribution in [0, 0.1) is 0 Å². The average Bonchev–Trinajstić information content (AvgIpc) is 2.79. The van der Waals surface area contributed by atoms with Crippen LogP contribution >= 0.6 is 23.2 Å². The van der Waals surface area contributed by atoms with Crippen LogP contribution in [0.5, 0.6) is 0 Å². The summed E-state index contributed by atoms with van der Waals surface area (Å²) in [6.45, 7) is 0. The lowest BCUT2D eigenvalue weighted by molar-refractivity contribution is -0.434. The summed E-state index contributed by atoms with van der Waals surface area (Å²) < 4.78 is 338. The Balaban J connectivity index is 6.97. The lowest BCUT2D eigenvalue weighted by atomic mass is 9.94. The largest absolute Gasteiger partial charge is 0.460 e. The van der Waals surface area contributed by atoms with Crippen molar-refractivity contribution in [3.63, 3.8) is 0 Å². The predicted octanol–water partition coefficient (Wildman–Crippen LogP) is 9.65. The second-order valence-electron chi connectivity index (χ2n) is 7.52. The Labute approximate surface area is 230 Å². The first-order valence-electron chi connectivity index (χ1n) is 8.94. The number of alkyl halides is 26. The normalized spacial score (nSPS) is 17.4. The summed E-state index contributed by atoms with van der Waals surface area (Å²) in [7, 11) is 0. The molecule has 0 saturated carbocycles. The zero-order valence-electron chi connectivity index (χ0n) is 18.5. The van der Waals surface area contributed by atoms with Gasteiger partial charge in [-0.1, -0.05) is 23.2 Å². The zero-order valence-corrected chi connectivity index (χ0v) is 20.0. The topological polar surface area (TPSA) is 24.7 Å². The molecule has 0 spiro atoms. The molecule has 2 nitrogen and oxygen atoms in total. The molecule has 262 valence electrons. The van der Waals surface area contributed by atoms with E-state index in [0.717, 1.165) is 10.2 Å². The molecule has 0 heterocycles. The molecule has 0 unspecified atom stereocenters. The fourth-order valence-corrected chi connectivity index (χ4v) is 2.32. The predicted molar refractivity (Wildman–Crippen MR) is 88.2 cm³/mol. The van der Waals surface area contributed by atoms with Gasteiger partial charge in [0.2, 0.25) is 10.3 Å². The average molecular weight is 761 g/mol. The monoisotopic (exact) mass is 760 g/mol.